The van der Waals surface area contributed by atoms with E-state index in [1.165, 1.54) is 4.88 Å². The minimum absolute atomic E-state index is 0.131. The molecule has 0 saturated carbocycles. The van der Waals surface area contributed by atoms with Gasteiger partial charge in [0.25, 0.3) is 0 Å². The van der Waals surface area contributed by atoms with E-state index in [2.05, 4.69) is 40.0 Å². The molecule has 3 heterocycles. The fourth-order valence-corrected chi connectivity index (χ4v) is 4.46. The number of ketones is 1. The maximum Gasteiger partial charge on any atom is 0.161 e. The fraction of sp³-hybridized carbons (Fsp3) is 0.375. The number of thiophene rings is 1. The lowest BCUT2D eigenvalue weighted by molar-refractivity contribution is -0.116. The van der Waals surface area contributed by atoms with E-state index in [4.69, 9.17) is 0 Å². The second kappa shape index (κ2) is 4.56. The number of hydrogen-bond acceptors (Lipinski definition) is 4. The van der Waals surface area contributed by atoms with E-state index in [0.717, 1.165) is 34.8 Å². The number of carbonyl (C=O) groups excluding carboxylic acids is 1. The summed E-state index contributed by atoms with van der Waals surface area (Å²) in [5.74, 6) is 1.60. The lowest BCUT2D eigenvalue weighted by Gasteiger charge is -2.32. The molecule has 2 aromatic heterocycles. The van der Waals surface area contributed by atoms with E-state index in [1.807, 2.05) is 6.92 Å². The second-order valence-corrected chi connectivity index (χ2v) is 6.87. The first-order chi connectivity index (χ1) is 10.1. The van der Waals surface area contributed by atoms with E-state index in [1.54, 1.807) is 11.3 Å². The van der Waals surface area contributed by atoms with Crippen molar-refractivity contribution in [1.82, 2.24) is 10.2 Å². The number of Topliss-reactive ketones (excluding diaryl/α,β-unsaturated/α-hetero) is 1. The second-order valence-electron chi connectivity index (χ2n) is 5.89. The van der Waals surface area contributed by atoms with E-state index in [0.29, 0.717) is 12.3 Å². The van der Waals surface area contributed by atoms with Crippen molar-refractivity contribution in [2.75, 3.05) is 5.32 Å². The number of hydrogen-bond donors (Lipinski definition) is 2. The van der Waals surface area contributed by atoms with Crippen LogP contribution in [0.3, 0.4) is 0 Å². The van der Waals surface area contributed by atoms with Gasteiger partial charge in [-0.25, -0.2) is 0 Å². The number of aryl methyl sites for hydroxylation is 1. The summed E-state index contributed by atoms with van der Waals surface area (Å²) in [6.45, 7) is 4.12. The molecule has 1 aliphatic carbocycles. The van der Waals surface area contributed by atoms with E-state index in [9.17, 15) is 4.79 Å². The first kappa shape index (κ1) is 12.8. The molecule has 2 aromatic rings. The van der Waals surface area contributed by atoms with Gasteiger partial charge >= 0.3 is 0 Å². The van der Waals surface area contributed by atoms with Gasteiger partial charge in [0.15, 0.2) is 11.6 Å². The number of nitrogens with one attached hydrogen (secondary N) is 2. The number of allylic oxidation sites excluding steroid dienone is 2. The number of H-pyrrole nitrogens is 1. The van der Waals surface area contributed by atoms with E-state index >= 15 is 0 Å². The van der Waals surface area contributed by atoms with Crippen LogP contribution in [0, 0.1) is 6.92 Å². The van der Waals surface area contributed by atoms with E-state index in [-0.39, 0.29) is 11.7 Å². The van der Waals surface area contributed by atoms with Crippen molar-refractivity contribution in [2.45, 2.75) is 38.5 Å². The first-order valence-corrected chi connectivity index (χ1v) is 8.14. The Kier molecular flexibility index (Phi) is 2.79. The molecule has 4 nitrogen and oxygen atoms in total. The summed E-state index contributed by atoms with van der Waals surface area (Å²) in [5, 5.41) is 12.8. The number of anilines is 1. The zero-order valence-corrected chi connectivity index (χ0v) is 12.9. The Balaban J connectivity index is 1.74. The molecule has 21 heavy (non-hydrogen) atoms. The number of aromatic nitrogens is 2. The van der Waals surface area contributed by atoms with Crippen molar-refractivity contribution in [3.05, 3.63) is 44.9 Å². The number of carbonyl (C=O) groups is 1. The maximum absolute atomic E-state index is 12.7. The summed E-state index contributed by atoms with van der Waals surface area (Å²) in [6.07, 6.45) is 1.52. The maximum atomic E-state index is 12.7. The Bertz CT molecular complexity index is 742. The van der Waals surface area contributed by atoms with Gasteiger partial charge in [0.1, 0.15) is 0 Å². The standard InChI is InChI=1S/C16H17N3OS/c1-8-14-9(2)18-19-16(14)17-11-6-10(7-12(20)15(8)11)13-4-3-5-21-13/h3-5,8,10H,6-7H2,1-2H3,(H2,17,18,19)/t8-,10-/m1/s1. The van der Waals surface area contributed by atoms with Crippen LogP contribution < -0.4 is 5.32 Å². The predicted molar refractivity (Wildman–Crippen MR) is 83.7 cm³/mol. The first-order valence-electron chi connectivity index (χ1n) is 7.26. The van der Waals surface area contributed by atoms with Crippen LogP contribution in [0.25, 0.3) is 0 Å². The van der Waals surface area contributed by atoms with Gasteiger partial charge in [0.05, 0.1) is 0 Å². The molecule has 0 bridgehead atoms. The molecule has 0 fully saturated rings. The molecule has 0 spiro atoms. The van der Waals surface area contributed by atoms with Crippen molar-refractivity contribution in [3.8, 4) is 0 Å². The fourth-order valence-electron chi connectivity index (χ4n) is 3.63. The van der Waals surface area contributed by atoms with Crippen LogP contribution in [0.1, 0.15) is 47.7 Å². The third-order valence-corrected chi connectivity index (χ3v) is 5.62. The smallest absolute Gasteiger partial charge is 0.161 e. The molecule has 0 aromatic carbocycles. The predicted octanol–water partition coefficient (Wildman–Crippen LogP) is 3.71. The molecule has 108 valence electrons. The summed E-state index contributed by atoms with van der Waals surface area (Å²) in [6, 6.07) is 4.19. The van der Waals surface area contributed by atoms with Crippen LogP contribution in [0.15, 0.2) is 28.8 Å². The average Bonchev–Trinajstić information content (AvgIpc) is 3.08. The molecular formula is C16H17N3OS. The lowest BCUT2D eigenvalue weighted by atomic mass is 9.76. The number of fused-ring (bicyclic) bond motifs is 1. The van der Waals surface area contributed by atoms with Crippen LogP contribution >= 0.6 is 11.3 Å². The van der Waals surface area contributed by atoms with Crippen LogP contribution in [0.2, 0.25) is 0 Å². The van der Waals surface area contributed by atoms with Gasteiger partial charge in [0, 0.05) is 45.7 Å². The molecular weight excluding hydrogens is 282 g/mol. The number of aromatic amines is 1. The molecule has 4 rings (SSSR count). The SMILES string of the molecule is Cc1[nH]nc2c1[C@@H](C)C1=C(C[C@@H](c3cccs3)CC1=O)N2. The van der Waals surface area contributed by atoms with Crippen LogP contribution in [0.4, 0.5) is 5.82 Å². The van der Waals surface area contributed by atoms with Gasteiger partial charge < -0.3 is 5.32 Å². The van der Waals surface area contributed by atoms with Gasteiger partial charge in [-0.2, -0.15) is 5.10 Å². The monoisotopic (exact) mass is 299 g/mol. The summed E-state index contributed by atoms with van der Waals surface area (Å²) in [4.78, 5) is 14.0. The van der Waals surface area contributed by atoms with Crippen LogP contribution in [-0.4, -0.2) is 16.0 Å². The summed E-state index contributed by atoms with van der Waals surface area (Å²) >= 11 is 1.74. The number of rotatable bonds is 1. The van der Waals surface area contributed by atoms with Crippen molar-refractivity contribution >= 4 is 22.9 Å². The van der Waals surface area contributed by atoms with Gasteiger partial charge in [-0.05, 0) is 24.8 Å². The van der Waals surface area contributed by atoms with Gasteiger partial charge in [-0.15, -0.1) is 11.3 Å². The topological polar surface area (TPSA) is 57.8 Å². The van der Waals surface area contributed by atoms with Crippen LogP contribution in [-0.2, 0) is 4.79 Å². The lowest BCUT2D eigenvalue weighted by Crippen LogP contribution is -2.28. The third-order valence-electron chi connectivity index (χ3n) is 4.58. The Hall–Kier alpha value is -1.88. The van der Waals surface area contributed by atoms with Crippen molar-refractivity contribution in [3.63, 3.8) is 0 Å². The Morgan fingerprint density at radius 3 is 3.00 bits per heavy atom. The molecule has 2 N–H and O–H groups in total. The normalized spacial score (nSPS) is 24.6. The van der Waals surface area contributed by atoms with E-state index < -0.39 is 0 Å². The largest absolute Gasteiger partial charge is 0.342 e. The van der Waals surface area contributed by atoms with Crippen molar-refractivity contribution in [1.29, 1.82) is 0 Å². The van der Waals surface area contributed by atoms with Crippen molar-refractivity contribution < 1.29 is 4.79 Å². The molecule has 1 aliphatic heterocycles. The highest BCUT2D eigenvalue weighted by Crippen LogP contribution is 2.45. The zero-order valence-electron chi connectivity index (χ0n) is 12.1. The highest BCUT2D eigenvalue weighted by atomic mass is 32.1. The molecule has 0 saturated heterocycles. The van der Waals surface area contributed by atoms with Gasteiger partial charge in [-0.1, -0.05) is 13.0 Å². The highest BCUT2D eigenvalue weighted by molar-refractivity contribution is 7.10. The molecule has 0 radical (unpaired) electrons. The Labute approximate surface area is 127 Å². The Morgan fingerprint density at radius 1 is 1.38 bits per heavy atom. The van der Waals surface area contributed by atoms with Crippen molar-refractivity contribution in [2.24, 2.45) is 0 Å². The molecule has 0 unspecified atom stereocenters. The summed E-state index contributed by atoms with van der Waals surface area (Å²) in [7, 11) is 0. The van der Waals surface area contributed by atoms with Crippen LogP contribution in [0.5, 0.6) is 0 Å². The molecule has 2 atom stereocenters. The quantitative estimate of drug-likeness (QED) is 0.844. The average molecular weight is 299 g/mol. The molecule has 2 aliphatic rings. The number of nitrogens with zero attached hydrogens (tertiary/aromatic N) is 1. The third kappa shape index (κ3) is 1.87. The summed E-state index contributed by atoms with van der Waals surface area (Å²) < 4.78 is 0. The highest BCUT2D eigenvalue weighted by Gasteiger charge is 2.37. The molecule has 0 amide bonds. The minimum Gasteiger partial charge on any atom is -0.342 e. The van der Waals surface area contributed by atoms with Gasteiger partial charge in [0.2, 0.25) is 0 Å². The van der Waals surface area contributed by atoms with Gasteiger partial charge in [-0.3, -0.25) is 9.89 Å². The minimum atomic E-state index is 0.131. The Morgan fingerprint density at radius 2 is 2.24 bits per heavy atom. The molecule has 5 heteroatoms. The zero-order chi connectivity index (χ0) is 14.6. The summed E-state index contributed by atoms with van der Waals surface area (Å²) in [5.41, 5.74) is 4.21.